The van der Waals surface area contributed by atoms with E-state index in [-0.39, 0.29) is 0 Å². The number of guanidine groups is 1. The Morgan fingerprint density at radius 2 is 1.90 bits per heavy atom. The summed E-state index contributed by atoms with van der Waals surface area (Å²) in [5.41, 5.74) is -0.592. The van der Waals surface area contributed by atoms with Crippen LogP contribution in [0.15, 0.2) is 4.99 Å². The fourth-order valence-corrected chi connectivity index (χ4v) is 3.46. The van der Waals surface area contributed by atoms with Crippen LogP contribution in [0.3, 0.4) is 0 Å². The minimum absolute atomic E-state index is 0.391. The van der Waals surface area contributed by atoms with E-state index in [9.17, 15) is 8.42 Å². The van der Waals surface area contributed by atoms with Gasteiger partial charge in [-0.15, -0.1) is 0 Å². The number of sulfonamides is 1. The number of hydrogen-bond donors (Lipinski definition) is 3. The summed E-state index contributed by atoms with van der Waals surface area (Å²) in [6.45, 7) is 6.86. The van der Waals surface area contributed by atoms with Gasteiger partial charge in [0.05, 0.1) is 12.8 Å². The van der Waals surface area contributed by atoms with Crippen molar-refractivity contribution in [3.8, 4) is 0 Å². The molecule has 0 aromatic rings. The first-order valence-electron chi connectivity index (χ1n) is 7.25. The van der Waals surface area contributed by atoms with Gasteiger partial charge in [0, 0.05) is 18.1 Å². The first-order valence-corrected chi connectivity index (χ1v) is 9.15. The van der Waals surface area contributed by atoms with Crippen molar-refractivity contribution in [2.45, 2.75) is 58.0 Å². The lowest BCUT2D eigenvalue weighted by Crippen LogP contribution is -2.47. The zero-order valence-electron chi connectivity index (χ0n) is 13.0. The predicted molar refractivity (Wildman–Crippen MR) is 83.4 cm³/mol. The van der Waals surface area contributed by atoms with Crippen LogP contribution in [0.4, 0.5) is 0 Å². The van der Waals surface area contributed by atoms with Crippen LogP contribution in [-0.2, 0) is 10.0 Å². The van der Waals surface area contributed by atoms with Crippen LogP contribution in [-0.4, -0.2) is 45.3 Å². The number of hydrogen-bond acceptors (Lipinski definition) is 3. The van der Waals surface area contributed by atoms with Crippen LogP contribution in [0.5, 0.6) is 0 Å². The topological polar surface area (TPSA) is 82.6 Å². The molecule has 0 unspecified atom stereocenters. The SMILES string of the molecule is CCNC(=NCC(C)(C)NS(C)(=O)=O)NC1CCCC1. The molecule has 1 saturated carbocycles. The molecule has 1 aliphatic rings. The van der Waals surface area contributed by atoms with Crippen molar-refractivity contribution < 1.29 is 8.42 Å². The highest BCUT2D eigenvalue weighted by Gasteiger charge is 2.22. The van der Waals surface area contributed by atoms with Gasteiger partial charge in [0.2, 0.25) is 10.0 Å². The molecule has 0 radical (unpaired) electrons. The summed E-state index contributed by atoms with van der Waals surface area (Å²) in [4.78, 5) is 4.50. The minimum atomic E-state index is -3.22. The van der Waals surface area contributed by atoms with Crippen LogP contribution in [0.1, 0.15) is 46.5 Å². The van der Waals surface area contributed by atoms with Gasteiger partial charge in [0.15, 0.2) is 5.96 Å². The number of aliphatic imine (C=N–C) groups is 1. The number of nitrogens with one attached hydrogen (secondary N) is 3. The first-order chi connectivity index (χ1) is 9.22. The number of rotatable bonds is 6. The molecule has 0 aromatic carbocycles. The fourth-order valence-electron chi connectivity index (χ4n) is 2.39. The summed E-state index contributed by atoms with van der Waals surface area (Å²) in [6.07, 6.45) is 6.04. The van der Waals surface area contributed by atoms with Crippen LogP contribution < -0.4 is 15.4 Å². The Balaban J connectivity index is 2.60. The molecule has 0 amide bonds. The van der Waals surface area contributed by atoms with E-state index >= 15 is 0 Å². The molecule has 0 aromatic heterocycles. The molecule has 0 atom stereocenters. The van der Waals surface area contributed by atoms with Crippen LogP contribution in [0.25, 0.3) is 0 Å². The average Bonchev–Trinajstić information content (AvgIpc) is 2.76. The number of nitrogens with zero attached hydrogens (tertiary/aromatic N) is 1. The van der Waals surface area contributed by atoms with Crippen molar-refractivity contribution in [1.29, 1.82) is 0 Å². The summed E-state index contributed by atoms with van der Waals surface area (Å²) >= 11 is 0. The molecular formula is C13H28N4O2S. The maximum atomic E-state index is 11.3. The molecular weight excluding hydrogens is 276 g/mol. The highest BCUT2D eigenvalue weighted by atomic mass is 32.2. The Kier molecular flexibility index (Phi) is 6.26. The van der Waals surface area contributed by atoms with E-state index in [2.05, 4.69) is 20.3 Å². The maximum Gasteiger partial charge on any atom is 0.209 e. The Morgan fingerprint density at radius 1 is 1.30 bits per heavy atom. The zero-order valence-corrected chi connectivity index (χ0v) is 13.8. The molecule has 20 heavy (non-hydrogen) atoms. The fraction of sp³-hybridized carbons (Fsp3) is 0.923. The van der Waals surface area contributed by atoms with E-state index in [1.807, 2.05) is 20.8 Å². The molecule has 1 rings (SSSR count). The summed E-state index contributed by atoms with van der Waals surface area (Å²) in [5, 5.41) is 6.62. The lowest BCUT2D eigenvalue weighted by molar-refractivity contribution is 0.463. The van der Waals surface area contributed by atoms with Gasteiger partial charge in [-0.05, 0) is 33.6 Å². The van der Waals surface area contributed by atoms with E-state index in [1.54, 1.807) is 0 Å². The maximum absolute atomic E-state index is 11.3. The molecule has 3 N–H and O–H groups in total. The molecule has 7 heteroatoms. The molecule has 0 saturated heterocycles. The quantitative estimate of drug-likeness (QED) is 0.501. The van der Waals surface area contributed by atoms with Gasteiger partial charge in [0.1, 0.15) is 0 Å². The summed E-state index contributed by atoms with van der Waals surface area (Å²) in [7, 11) is -3.22. The lowest BCUT2D eigenvalue weighted by atomic mass is 10.1. The smallest absolute Gasteiger partial charge is 0.209 e. The van der Waals surface area contributed by atoms with E-state index in [0.29, 0.717) is 12.6 Å². The molecule has 118 valence electrons. The zero-order chi connectivity index (χ0) is 15.2. The highest BCUT2D eigenvalue weighted by Crippen LogP contribution is 2.17. The minimum Gasteiger partial charge on any atom is -0.357 e. The molecule has 6 nitrogen and oxygen atoms in total. The third-order valence-electron chi connectivity index (χ3n) is 3.13. The van der Waals surface area contributed by atoms with Crippen molar-refractivity contribution >= 4 is 16.0 Å². The van der Waals surface area contributed by atoms with E-state index in [1.165, 1.54) is 31.9 Å². The molecule has 1 aliphatic carbocycles. The second-order valence-corrected chi connectivity index (χ2v) is 7.83. The second kappa shape index (κ2) is 7.26. The van der Waals surface area contributed by atoms with E-state index in [0.717, 1.165) is 12.5 Å². The molecule has 0 heterocycles. The Hall–Kier alpha value is -0.820. The summed E-state index contributed by atoms with van der Waals surface area (Å²) < 4.78 is 25.2. The van der Waals surface area contributed by atoms with Crippen LogP contribution in [0.2, 0.25) is 0 Å². The van der Waals surface area contributed by atoms with E-state index in [4.69, 9.17) is 0 Å². The van der Waals surface area contributed by atoms with Crippen molar-refractivity contribution in [2.75, 3.05) is 19.3 Å². The Labute approximate surface area is 122 Å². The molecule has 1 fully saturated rings. The van der Waals surface area contributed by atoms with Crippen molar-refractivity contribution in [2.24, 2.45) is 4.99 Å². The summed E-state index contributed by atoms with van der Waals surface area (Å²) in [6, 6.07) is 0.485. The van der Waals surface area contributed by atoms with Gasteiger partial charge in [-0.2, -0.15) is 0 Å². The standard InChI is InChI=1S/C13H28N4O2S/c1-5-14-12(16-11-8-6-7-9-11)15-10-13(2,3)17-20(4,18)19/h11,17H,5-10H2,1-4H3,(H2,14,15,16). The second-order valence-electron chi connectivity index (χ2n) is 6.08. The molecule has 0 spiro atoms. The van der Waals surface area contributed by atoms with Gasteiger partial charge in [-0.3, -0.25) is 4.99 Å². The molecule has 0 bridgehead atoms. The lowest BCUT2D eigenvalue weighted by Gasteiger charge is -2.24. The van der Waals surface area contributed by atoms with Gasteiger partial charge >= 0.3 is 0 Å². The Bertz CT molecular complexity index is 426. The normalized spacial score (nSPS) is 18.3. The largest absolute Gasteiger partial charge is 0.357 e. The van der Waals surface area contributed by atoms with Gasteiger partial charge in [-0.1, -0.05) is 12.8 Å². The third-order valence-corrected chi connectivity index (χ3v) is 4.06. The highest BCUT2D eigenvalue weighted by molar-refractivity contribution is 7.88. The van der Waals surface area contributed by atoms with Gasteiger partial charge in [-0.25, -0.2) is 13.1 Å². The van der Waals surface area contributed by atoms with Crippen molar-refractivity contribution in [1.82, 2.24) is 15.4 Å². The monoisotopic (exact) mass is 304 g/mol. The van der Waals surface area contributed by atoms with Gasteiger partial charge < -0.3 is 10.6 Å². The predicted octanol–water partition coefficient (Wildman–Crippen LogP) is 0.812. The van der Waals surface area contributed by atoms with Crippen molar-refractivity contribution in [3.63, 3.8) is 0 Å². The molecule has 0 aliphatic heterocycles. The van der Waals surface area contributed by atoms with Gasteiger partial charge in [0.25, 0.3) is 0 Å². The van der Waals surface area contributed by atoms with Crippen molar-refractivity contribution in [3.05, 3.63) is 0 Å². The van der Waals surface area contributed by atoms with Crippen LogP contribution >= 0.6 is 0 Å². The van der Waals surface area contributed by atoms with Crippen LogP contribution in [0, 0.1) is 0 Å². The average molecular weight is 304 g/mol. The van der Waals surface area contributed by atoms with E-state index < -0.39 is 15.6 Å². The summed E-state index contributed by atoms with van der Waals surface area (Å²) in [5.74, 6) is 0.766. The first kappa shape index (κ1) is 17.2. The Morgan fingerprint density at radius 3 is 2.40 bits per heavy atom. The third kappa shape index (κ3) is 7.09.